The van der Waals surface area contributed by atoms with Gasteiger partial charge in [0, 0.05) is 4.47 Å². The number of hydroxylamine groups is 1. The lowest BCUT2D eigenvalue weighted by atomic mass is 10.2. The molecule has 0 heterocycles. The van der Waals surface area contributed by atoms with E-state index in [1.54, 1.807) is 6.07 Å². The van der Waals surface area contributed by atoms with E-state index in [0.717, 1.165) is 0 Å². The third-order valence-electron chi connectivity index (χ3n) is 1.31. The maximum atomic E-state index is 10.8. The van der Waals surface area contributed by atoms with Crippen LogP contribution in [0.2, 0.25) is 0 Å². The van der Waals surface area contributed by atoms with Crippen molar-refractivity contribution in [3.63, 3.8) is 0 Å². The Bertz CT molecular complexity index is 315. The average Bonchev–Trinajstić information content (AvgIpc) is 2.20. The minimum Gasteiger partial charge on any atom is -0.507 e. The highest BCUT2D eigenvalue weighted by atomic mass is 79.9. The lowest BCUT2D eigenvalue weighted by molar-refractivity contribution is 0.0703. The molecule has 0 saturated carbocycles. The van der Waals surface area contributed by atoms with Crippen molar-refractivity contribution >= 4 is 21.8 Å². The van der Waals surface area contributed by atoms with Crippen molar-refractivity contribution < 1.29 is 15.1 Å². The molecular weight excluding hydrogens is 250 g/mol. The topological polar surface area (TPSA) is 69.6 Å². The van der Waals surface area contributed by atoms with Gasteiger partial charge in [-0.15, -0.1) is 0 Å². The van der Waals surface area contributed by atoms with Crippen LogP contribution in [0.5, 0.6) is 5.75 Å². The van der Waals surface area contributed by atoms with E-state index < -0.39 is 5.91 Å². The summed E-state index contributed by atoms with van der Waals surface area (Å²) in [5.41, 5.74) is 1.46. The first kappa shape index (κ1) is 12.9. The highest BCUT2D eigenvalue weighted by Gasteiger charge is 2.09. The van der Waals surface area contributed by atoms with Crippen LogP contribution in [0.4, 0.5) is 0 Å². The van der Waals surface area contributed by atoms with Gasteiger partial charge in [0.1, 0.15) is 5.75 Å². The normalized spacial score (nSPS) is 8.57. The van der Waals surface area contributed by atoms with E-state index in [9.17, 15) is 9.90 Å². The third-order valence-corrected chi connectivity index (χ3v) is 1.80. The molecule has 0 radical (unpaired) electrons. The van der Waals surface area contributed by atoms with Crippen LogP contribution in [0.3, 0.4) is 0 Å². The number of amides is 1. The van der Waals surface area contributed by atoms with E-state index in [1.807, 2.05) is 13.8 Å². The molecule has 1 amide bonds. The smallest absolute Gasteiger partial charge is 0.278 e. The second-order valence-electron chi connectivity index (χ2n) is 2.10. The van der Waals surface area contributed by atoms with Gasteiger partial charge in [0.15, 0.2) is 0 Å². The number of phenolic OH excluding ortho intramolecular Hbond substituents is 1. The molecule has 0 unspecified atom stereocenters. The number of benzene rings is 1. The zero-order valence-corrected chi connectivity index (χ0v) is 9.50. The minimum atomic E-state index is -0.736. The second kappa shape index (κ2) is 6.39. The Morgan fingerprint density at radius 3 is 2.43 bits per heavy atom. The summed E-state index contributed by atoms with van der Waals surface area (Å²) in [4.78, 5) is 10.8. The van der Waals surface area contributed by atoms with Crippen LogP contribution < -0.4 is 5.48 Å². The number of rotatable bonds is 1. The van der Waals surface area contributed by atoms with Crippen LogP contribution >= 0.6 is 15.9 Å². The van der Waals surface area contributed by atoms with E-state index in [1.165, 1.54) is 17.6 Å². The van der Waals surface area contributed by atoms with Crippen molar-refractivity contribution in [1.82, 2.24) is 5.48 Å². The van der Waals surface area contributed by atoms with E-state index in [4.69, 9.17) is 5.21 Å². The lowest BCUT2D eigenvalue weighted by Gasteiger charge is -2.01. The summed E-state index contributed by atoms with van der Waals surface area (Å²) in [5.74, 6) is -0.920. The van der Waals surface area contributed by atoms with Crippen LogP contribution in [0.25, 0.3) is 0 Å². The second-order valence-corrected chi connectivity index (χ2v) is 3.02. The largest absolute Gasteiger partial charge is 0.507 e. The Kier molecular flexibility index (Phi) is 5.91. The molecule has 0 saturated heterocycles. The van der Waals surface area contributed by atoms with E-state index in [2.05, 4.69) is 15.9 Å². The van der Waals surface area contributed by atoms with Crippen LogP contribution in [0.15, 0.2) is 22.7 Å². The highest BCUT2D eigenvalue weighted by Crippen LogP contribution is 2.21. The summed E-state index contributed by atoms with van der Waals surface area (Å²) in [6, 6.07) is 4.35. The molecule has 4 nitrogen and oxygen atoms in total. The van der Waals surface area contributed by atoms with Gasteiger partial charge in [-0.3, -0.25) is 10.0 Å². The Balaban J connectivity index is 0.000000791. The van der Waals surface area contributed by atoms with Crippen LogP contribution in [0, 0.1) is 0 Å². The third kappa shape index (κ3) is 3.35. The summed E-state index contributed by atoms with van der Waals surface area (Å²) in [6.45, 7) is 4.00. The molecule has 0 atom stereocenters. The number of carbonyl (C=O) groups excluding carboxylic acids is 1. The predicted octanol–water partition coefficient (Wildman–Crippen LogP) is 2.30. The highest BCUT2D eigenvalue weighted by molar-refractivity contribution is 9.10. The summed E-state index contributed by atoms with van der Waals surface area (Å²) in [5, 5.41) is 17.5. The molecule has 1 aromatic rings. The summed E-state index contributed by atoms with van der Waals surface area (Å²) >= 11 is 3.11. The van der Waals surface area contributed by atoms with Crippen LogP contribution in [-0.2, 0) is 0 Å². The van der Waals surface area contributed by atoms with Gasteiger partial charge in [-0.2, -0.15) is 0 Å². The zero-order chi connectivity index (χ0) is 11.1. The molecule has 0 aliphatic rings. The number of hydrogen-bond acceptors (Lipinski definition) is 3. The Labute approximate surface area is 90.7 Å². The molecule has 14 heavy (non-hydrogen) atoms. The Morgan fingerprint density at radius 2 is 2.00 bits per heavy atom. The molecule has 5 heteroatoms. The maximum absolute atomic E-state index is 10.8. The van der Waals surface area contributed by atoms with Gasteiger partial charge < -0.3 is 5.11 Å². The van der Waals surface area contributed by atoms with Crippen molar-refractivity contribution in [3.05, 3.63) is 28.2 Å². The summed E-state index contributed by atoms with van der Waals surface area (Å²) < 4.78 is 0.662. The SMILES string of the molecule is CC.O=C(NO)c1ccc(Br)cc1O. The molecule has 0 fully saturated rings. The molecule has 0 spiro atoms. The summed E-state index contributed by atoms with van der Waals surface area (Å²) in [7, 11) is 0. The first-order valence-corrected chi connectivity index (χ1v) is 4.87. The van der Waals surface area contributed by atoms with Gasteiger partial charge in [0.2, 0.25) is 0 Å². The fraction of sp³-hybridized carbons (Fsp3) is 0.222. The van der Waals surface area contributed by atoms with Crippen molar-refractivity contribution in [1.29, 1.82) is 0 Å². The van der Waals surface area contributed by atoms with E-state index in [0.29, 0.717) is 4.47 Å². The minimum absolute atomic E-state index is 0.0284. The average molecular weight is 262 g/mol. The first-order valence-electron chi connectivity index (χ1n) is 4.08. The fourth-order valence-corrected chi connectivity index (χ4v) is 1.11. The molecule has 78 valence electrons. The molecule has 0 aliphatic carbocycles. The number of aromatic hydroxyl groups is 1. The number of halogens is 1. The molecule has 1 rings (SSSR count). The van der Waals surface area contributed by atoms with E-state index >= 15 is 0 Å². The van der Waals surface area contributed by atoms with Gasteiger partial charge in [0.25, 0.3) is 5.91 Å². The molecular formula is C9H12BrNO3. The van der Waals surface area contributed by atoms with Crippen LogP contribution in [-0.4, -0.2) is 16.2 Å². The number of phenols is 1. The van der Waals surface area contributed by atoms with Crippen molar-refractivity contribution in [2.45, 2.75) is 13.8 Å². The standard InChI is InChI=1S/C7H6BrNO3.C2H6/c8-4-1-2-5(6(10)3-4)7(11)9-12;1-2/h1-3,10,12H,(H,9,11);1-2H3. The zero-order valence-electron chi connectivity index (χ0n) is 7.91. The fourth-order valence-electron chi connectivity index (χ4n) is 0.757. The monoisotopic (exact) mass is 261 g/mol. The van der Waals surface area contributed by atoms with Gasteiger partial charge in [-0.1, -0.05) is 29.8 Å². The Morgan fingerprint density at radius 1 is 1.43 bits per heavy atom. The van der Waals surface area contributed by atoms with Gasteiger partial charge in [-0.05, 0) is 18.2 Å². The van der Waals surface area contributed by atoms with Gasteiger partial charge in [0.05, 0.1) is 5.56 Å². The summed E-state index contributed by atoms with van der Waals surface area (Å²) in [6.07, 6.45) is 0. The molecule has 0 aliphatic heterocycles. The number of carbonyl (C=O) groups is 1. The number of hydrogen-bond donors (Lipinski definition) is 3. The number of nitrogens with one attached hydrogen (secondary N) is 1. The predicted molar refractivity (Wildman–Crippen MR) is 56.4 cm³/mol. The maximum Gasteiger partial charge on any atom is 0.278 e. The van der Waals surface area contributed by atoms with Gasteiger partial charge >= 0.3 is 0 Å². The molecule has 0 bridgehead atoms. The van der Waals surface area contributed by atoms with Crippen molar-refractivity contribution in [3.8, 4) is 5.75 Å². The molecule has 3 N–H and O–H groups in total. The molecule has 0 aromatic heterocycles. The van der Waals surface area contributed by atoms with Crippen molar-refractivity contribution in [2.24, 2.45) is 0 Å². The first-order chi connectivity index (χ1) is 6.65. The van der Waals surface area contributed by atoms with Crippen LogP contribution in [0.1, 0.15) is 24.2 Å². The van der Waals surface area contributed by atoms with E-state index in [-0.39, 0.29) is 11.3 Å². The molecule has 1 aromatic carbocycles. The van der Waals surface area contributed by atoms with Gasteiger partial charge in [-0.25, -0.2) is 5.48 Å². The lowest BCUT2D eigenvalue weighted by Crippen LogP contribution is -2.18. The van der Waals surface area contributed by atoms with Crippen molar-refractivity contribution in [2.75, 3.05) is 0 Å². The Hall–Kier alpha value is -1.07. The quantitative estimate of drug-likeness (QED) is 0.537.